The molecule has 7 nitrogen and oxygen atoms in total. The quantitative estimate of drug-likeness (QED) is 0.592. The summed E-state index contributed by atoms with van der Waals surface area (Å²) in [6.45, 7) is 1.46. The lowest BCUT2D eigenvalue weighted by Gasteiger charge is -2.20. The van der Waals surface area contributed by atoms with E-state index in [9.17, 15) is 9.59 Å². The van der Waals surface area contributed by atoms with Crippen LogP contribution < -0.4 is 15.4 Å². The van der Waals surface area contributed by atoms with Crippen LogP contribution in [0.5, 0.6) is 5.75 Å². The molecular weight excluding hydrogens is 380 g/mol. The number of aryl methyl sites for hydroxylation is 1. The highest BCUT2D eigenvalue weighted by Gasteiger charge is 2.23. The Balaban J connectivity index is 1.79. The number of rotatable bonds is 7. The first-order chi connectivity index (χ1) is 14.5. The molecule has 0 bridgehead atoms. The Morgan fingerprint density at radius 3 is 2.50 bits per heavy atom. The smallest absolute Gasteiger partial charge is 0.244 e. The highest BCUT2D eigenvalue weighted by Crippen LogP contribution is 2.29. The van der Waals surface area contributed by atoms with E-state index in [1.54, 1.807) is 31.5 Å². The molecule has 1 unspecified atom stereocenters. The highest BCUT2D eigenvalue weighted by molar-refractivity contribution is 5.92. The van der Waals surface area contributed by atoms with Gasteiger partial charge in [-0.25, -0.2) is 4.98 Å². The number of ether oxygens (including phenoxy) is 1. The molecule has 30 heavy (non-hydrogen) atoms. The molecule has 1 aromatic heterocycles. The first-order valence-corrected chi connectivity index (χ1v) is 9.44. The van der Waals surface area contributed by atoms with Gasteiger partial charge in [-0.05, 0) is 29.8 Å². The Bertz CT molecular complexity index is 1050. The third-order valence-electron chi connectivity index (χ3n) is 4.51. The van der Waals surface area contributed by atoms with E-state index in [0.717, 1.165) is 11.1 Å². The summed E-state index contributed by atoms with van der Waals surface area (Å²) in [5, 5.41) is 5.72. The average molecular weight is 404 g/mol. The number of aromatic nitrogens is 2. The fourth-order valence-electron chi connectivity index (χ4n) is 3.08. The van der Waals surface area contributed by atoms with Crippen molar-refractivity contribution in [3.63, 3.8) is 0 Å². The summed E-state index contributed by atoms with van der Waals surface area (Å²) < 4.78 is 7.34. The Kier molecular flexibility index (Phi) is 6.64. The van der Waals surface area contributed by atoms with Crippen LogP contribution in [0.2, 0.25) is 0 Å². The van der Waals surface area contributed by atoms with Crippen LogP contribution in [-0.4, -0.2) is 28.5 Å². The lowest BCUT2D eigenvalue weighted by atomic mass is 10.0. The first-order valence-electron chi connectivity index (χ1n) is 9.44. The van der Waals surface area contributed by atoms with Crippen molar-refractivity contribution in [2.45, 2.75) is 13.0 Å². The number of nitrogens with zero attached hydrogens (tertiary/aromatic N) is 2. The van der Waals surface area contributed by atoms with Crippen molar-refractivity contribution < 1.29 is 14.3 Å². The Hall–Kier alpha value is -3.87. The van der Waals surface area contributed by atoms with Crippen LogP contribution in [-0.2, 0) is 16.6 Å². The monoisotopic (exact) mass is 404 g/mol. The minimum absolute atomic E-state index is 0.130. The van der Waals surface area contributed by atoms with E-state index in [4.69, 9.17) is 4.74 Å². The Morgan fingerprint density at radius 1 is 1.13 bits per heavy atom. The van der Waals surface area contributed by atoms with E-state index < -0.39 is 6.04 Å². The van der Waals surface area contributed by atoms with Crippen molar-refractivity contribution >= 4 is 23.6 Å². The highest BCUT2D eigenvalue weighted by atomic mass is 16.5. The molecule has 0 saturated carbocycles. The van der Waals surface area contributed by atoms with Gasteiger partial charge in [-0.3, -0.25) is 9.59 Å². The molecule has 0 radical (unpaired) electrons. The minimum atomic E-state index is -0.472. The Morgan fingerprint density at radius 2 is 1.87 bits per heavy atom. The molecule has 0 saturated heterocycles. The van der Waals surface area contributed by atoms with Gasteiger partial charge in [-0.2, -0.15) is 0 Å². The molecule has 2 amide bonds. The van der Waals surface area contributed by atoms with Crippen molar-refractivity contribution in [3.05, 3.63) is 84.0 Å². The zero-order valence-electron chi connectivity index (χ0n) is 17.1. The van der Waals surface area contributed by atoms with Crippen molar-refractivity contribution in [2.24, 2.45) is 7.05 Å². The van der Waals surface area contributed by atoms with Crippen LogP contribution in [0.1, 0.15) is 29.9 Å². The van der Waals surface area contributed by atoms with E-state index in [1.807, 2.05) is 54.2 Å². The second-order valence-corrected chi connectivity index (χ2v) is 6.72. The lowest BCUT2D eigenvalue weighted by Crippen LogP contribution is -2.30. The molecular formula is C23H24N4O3. The third kappa shape index (κ3) is 5.14. The Labute approximate surface area is 175 Å². The van der Waals surface area contributed by atoms with E-state index in [-0.39, 0.29) is 11.8 Å². The normalized spacial score (nSPS) is 11.8. The van der Waals surface area contributed by atoms with Crippen molar-refractivity contribution in [1.29, 1.82) is 0 Å². The zero-order chi connectivity index (χ0) is 21.5. The maximum atomic E-state index is 12.7. The summed E-state index contributed by atoms with van der Waals surface area (Å²) >= 11 is 0. The number of carbonyl (C=O) groups is 2. The van der Waals surface area contributed by atoms with E-state index in [2.05, 4.69) is 15.6 Å². The predicted molar refractivity (Wildman–Crippen MR) is 116 cm³/mol. The number of amides is 2. The van der Waals surface area contributed by atoms with E-state index in [0.29, 0.717) is 17.3 Å². The van der Waals surface area contributed by atoms with Crippen LogP contribution in [0.4, 0.5) is 5.69 Å². The summed E-state index contributed by atoms with van der Waals surface area (Å²) in [6, 6.07) is 14.3. The zero-order valence-corrected chi connectivity index (χ0v) is 17.1. The molecule has 154 valence electrons. The molecule has 3 rings (SSSR count). The molecule has 7 heteroatoms. The van der Waals surface area contributed by atoms with Crippen LogP contribution in [0.3, 0.4) is 0 Å². The molecule has 0 spiro atoms. The summed E-state index contributed by atoms with van der Waals surface area (Å²) in [4.78, 5) is 28.2. The van der Waals surface area contributed by atoms with Crippen LogP contribution >= 0.6 is 0 Å². The van der Waals surface area contributed by atoms with Crippen molar-refractivity contribution in [1.82, 2.24) is 14.9 Å². The molecule has 1 heterocycles. The number of carbonyl (C=O) groups excluding carboxylic acids is 2. The van der Waals surface area contributed by atoms with Gasteiger partial charge in [0.25, 0.3) is 0 Å². The summed E-state index contributed by atoms with van der Waals surface area (Å²) in [5.41, 5.74) is 2.36. The SMILES string of the molecule is COc1ccccc1C(NC(=O)/C=C/c1ccc(NC(C)=O)cc1)c1nccn1C. The summed E-state index contributed by atoms with van der Waals surface area (Å²) in [6.07, 6.45) is 6.70. The van der Waals surface area contributed by atoms with Crippen LogP contribution in [0, 0.1) is 0 Å². The standard InChI is InChI=1S/C23H24N4O3/c1-16(28)25-18-11-8-17(9-12-18)10-13-21(29)26-22(23-24-14-15-27(23)2)19-6-4-5-7-20(19)30-3/h4-15,22H,1-3H3,(H,25,28)(H,26,29)/b13-10+. The van der Waals surface area contributed by atoms with Gasteiger partial charge in [0.15, 0.2) is 0 Å². The molecule has 1 atom stereocenters. The molecule has 3 aromatic rings. The van der Waals surface area contributed by atoms with Gasteiger partial charge in [0.1, 0.15) is 17.6 Å². The number of imidazole rings is 1. The molecule has 0 aliphatic carbocycles. The van der Waals surface area contributed by atoms with Gasteiger partial charge < -0.3 is 19.9 Å². The number of hydrogen-bond acceptors (Lipinski definition) is 4. The van der Waals surface area contributed by atoms with E-state index in [1.165, 1.54) is 13.0 Å². The number of methoxy groups -OCH3 is 1. The number of hydrogen-bond donors (Lipinski definition) is 2. The average Bonchev–Trinajstić information content (AvgIpc) is 3.16. The number of nitrogens with one attached hydrogen (secondary N) is 2. The number of benzene rings is 2. The van der Waals surface area contributed by atoms with E-state index >= 15 is 0 Å². The maximum Gasteiger partial charge on any atom is 0.244 e. The van der Waals surface area contributed by atoms with Gasteiger partial charge >= 0.3 is 0 Å². The fraction of sp³-hybridized carbons (Fsp3) is 0.174. The van der Waals surface area contributed by atoms with Gasteiger partial charge in [0.2, 0.25) is 11.8 Å². The lowest BCUT2D eigenvalue weighted by molar-refractivity contribution is -0.117. The number of para-hydroxylation sites is 1. The molecule has 0 aliphatic rings. The number of anilines is 1. The second kappa shape index (κ2) is 9.56. The largest absolute Gasteiger partial charge is 0.496 e. The maximum absolute atomic E-state index is 12.7. The molecule has 0 aliphatic heterocycles. The van der Waals surface area contributed by atoms with Gasteiger partial charge in [0.05, 0.1) is 7.11 Å². The van der Waals surface area contributed by atoms with Crippen molar-refractivity contribution in [3.8, 4) is 5.75 Å². The first kappa shape index (κ1) is 20.9. The molecule has 0 fully saturated rings. The van der Waals surface area contributed by atoms with Crippen molar-refractivity contribution in [2.75, 3.05) is 12.4 Å². The second-order valence-electron chi connectivity index (χ2n) is 6.72. The molecule has 2 N–H and O–H groups in total. The third-order valence-corrected chi connectivity index (χ3v) is 4.51. The fourth-order valence-corrected chi connectivity index (χ4v) is 3.08. The van der Waals surface area contributed by atoms with Crippen LogP contribution in [0.25, 0.3) is 6.08 Å². The van der Waals surface area contributed by atoms with Crippen LogP contribution in [0.15, 0.2) is 67.0 Å². The summed E-state index contributed by atoms with van der Waals surface area (Å²) in [7, 11) is 3.48. The summed E-state index contributed by atoms with van der Waals surface area (Å²) in [5.74, 6) is 0.971. The van der Waals surface area contributed by atoms with Gasteiger partial charge in [-0.1, -0.05) is 30.3 Å². The predicted octanol–water partition coefficient (Wildman–Crippen LogP) is 3.31. The van der Waals surface area contributed by atoms with Gasteiger partial charge in [0, 0.05) is 43.7 Å². The topological polar surface area (TPSA) is 85.2 Å². The van der Waals surface area contributed by atoms with Gasteiger partial charge in [-0.15, -0.1) is 0 Å². The minimum Gasteiger partial charge on any atom is -0.496 e. The molecule has 2 aromatic carbocycles.